The molecule has 1 N–H and O–H groups in total. The standard InChI is InChI=1S/C12H9Cl2NO3/c1-6-4-9(16)8-5-7(2-3-10(8)18-6)15-12(17)11(13)14/h2-5,11H,1H3,(H,15,17). The van der Waals surface area contributed by atoms with E-state index in [1.54, 1.807) is 19.1 Å². The second-order valence-electron chi connectivity index (χ2n) is 3.72. The average Bonchev–Trinajstić information content (AvgIpc) is 2.29. The number of nitrogens with one attached hydrogen (secondary N) is 1. The molecular formula is C12H9Cl2NO3. The normalized spacial score (nSPS) is 10.9. The topological polar surface area (TPSA) is 59.3 Å². The van der Waals surface area contributed by atoms with E-state index in [4.69, 9.17) is 27.6 Å². The molecule has 1 heterocycles. The molecule has 0 unspecified atom stereocenters. The number of hydrogen-bond donors (Lipinski definition) is 1. The maximum absolute atomic E-state index is 11.7. The zero-order valence-corrected chi connectivity index (χ0v) is 10.9. The van der Waals surface area contributed by atoms with Gasteiger partial charge in [-0.3, -0.25) is 9.59 Å². The molecule has 0 aliphatic heterocycles. The van der Waals surface area contributed by atoms with Gasteiger partial charge in [-0.25, -0.2) is 0 Å². The van der Waals surface area contributed by atoms with E-state index in [2.05, 4.69) is 5.32 Å². The van der Waals surface area contributed by atoms with E-state index in [1.165, 1.54) is 12.1 Å². The number of alkyl halides is 2. The van der Waals surface area contributed by atoms with Gasteiger partial charge in [0.1, 0.15) is 11.3 Å². The van der Waals surface area contributed by atoms with E-state index >= 15 is 0 Å². The summed E-state index contributed by atoms with van der Waals surface area (Å²) in [6.07, 6.45) is 0. The van der Waals surface area contributed by atoms with Crippen molar-refractivity contribution in [2.45, 2.75) is 11.8 Å². The highest BCUT2D eigenvalue weighted by atomic mass is 35.5. The number of rotatable bonds is 2. The molecule has 0 radical (unpaired) electrons. The Hall–Kier alpha value is -1.52. The predicted octanol–water partition coefficient (Wildman–Crippen LogP) is 2.84. The summed E-state index contributed by atoms with van der Waals surface area (Å²) in [4.78, 5) is 21.9. The molecule has 0 bridgehead atoms. The van der Waals surface area contributed by atoms with Gasteiger partial charge in [0.15, 0.2) is 10.3 Å². The lowest BCUT2D eigenvalue weighted by Gasteiger charge is -2.06. The van der Waals surface area contributed by atoms with Gasteiger partial charge in [0.05, 0.1) is 5.39 Å². The summed E-state index contributed by atoms with van der Waals surface area (Å²) < 4.78 is 5.39. The van der Waals surface area contributed by atoms with Gasteiger partial charge in [0.25, 0.3) is 5.91 Å². The van der Waals surface area contributed by atoms with Gasteiger partial charge in [0, 0.05) is 11.8 Å². The van der Waals surface area contributed by atoms with Crippen molar-refractivity contribution in [3.63, 3.8) is 0 Å². The van der Waals surface area contributed by atoms with Crippen LogP contribution in [0.5, 0.6) is 0 Å². The first-order valence-electron chi connectivity index (χ1n) is 5.11. The number of carbonyl (C=O) groups is 1. The Labute approximate surface area is 112 Å². The lowest BCUT2D eigenvalue weighted by molar-refractivity contribution is -0.114. The van der Waals surface area contributed by atoms with Gasteiger partial charge < -0.3 is 9.73 Å². The molecule has 2 rings (SSSR count). The molecular weight excluding hydrogens is 277 g/mol. The molecule has 94 valence electrons. The SMILES string of the molecule is Cc1cc(=O)c2cc(NC(=O)C(Cl)Cl)ccc2o1. The third-order valence-corrected chi connectivity index (χ3v) is 2.71. The Morgan fingerprint density at radius 2 is 2.06 bits per heavy atom. The summed E-state index contributed by atoms with van der Waals surface area (Å²) in [5, 5.41) is 2.88. The Morgan fingerprint density at radius 1 is 1.33 bits per heavy atom. The zero-order valence-electron chi connectivity index (χ0n) is 9.37. The van der Waals surface area contributed by atoms with Crippen molar-refractivity contribution in [1.29, 1.82) is 0 Å². The van der Waals surface area contributed by atoms with Crippen LogP contribution in [0.4, 0.5) is 5.69 Å². The van der Waals surface area contributed by atoms with Crippen LogP contribution in [0.25, 0.3) is 11.0 Å². The van der Waals surface area contributed by atoms with E-state index in [0.29, 0.717) is 22.4 Å². The maximum atomic E-state index is 11.7. The van der Waals surface area contributed by atoms with E-state index < -0.39 is 10.7 Å². The van der Waals surface area contributed by atoms with Crippen LogP contribution in [0.15, 0.2) is 33.5 Å². The molecule has 1 amide bonds. The minimum absolute atomic E-state index is 0.168. The molecule has 4 nitrogen and oxygen atoms in total. The molecule has 0 atom stereocenters. The number of benzene rings is 1. The summed E-state index contributed by atoms with van der Waals surface area (Å²) in [5.74, 6) is -0.0138. The highest BCUT2D eigenvalue weighted by molar-refractivity contribution is 6.54. The highest BCUT2D eigenvalue weighted by Gasteiger charge is 2.12. The number of amides is 1. The van der Waals surface area contributed by atoms with Crippen LogP contribution < -0.4 is 10.7 Å². The van der Waals surface area contributed by atoms with Crippen LogP contribution in [-0.2, 0) is 4.79 Å². The maximum Gasteiger partial charge on any atom is 0.257 e. The number of fused-ring (bicyclic) bond motifs is 1. The fourth-order valence-corrected chi connectivity index (χ4v) is 1.66. The molecule has 18 heavy (non-hydrogen) atoms. The van der Waals surface area contributed by atoms with Crippen LogP contribution in [0.1, 0.15) is 5.76 Å². The van der Waals surface area contributed by atoms with Crippen LogP contribution in [0.3, 0.4) is 0 Å². The fourth-order valence-electron chi connectivity index (χ4n) is 1.55. The monoisotopic (exact) mass is 285 g/mol. The quantitative estimate of drug-likeness (QED) is 0.863. The predicted molar refractivity (Wildman–Crippen MR) is 71.3 cm³/mol. The largest absolute Gasteiger partial charge is 0.461 e. The van der Waals surface area contributed by atoms with Crippen molar-refractivity contribution in [2.24, 2.45) is 0 Å². The van der Waals surface area contributed by atoms with E-state index in [1.807, 2.05) is 0 Å². The first kappa shape index (κ1) is 12.9. The van der Waals surface area contributed by atoms with Crippen LogP contribution in [0.2, 0.25) is 0 Å². The molecule has 1 aromatic carbocycles. The van der Waals surface area contributed by atoms with Crippen molar-refractivity contribution in [3.05, 3.63) is 40.2 Å². The van der Waals surface area contributed by atoms with E-state index in [-0.39, 0.29) is 5.43 Å². The Bertz CT molecular complexity index is 664. The molecule has 0 saturated carbocycles. The first-order chi connectivity index (χ1) is 8.47. The van der Waals surface area contributed by atoms with Crippen molar-refractivity contribution in [1.82, 2.24) is 0 Å². The van der Waals surface area contributed by atoms with Gasteiger partial charge in [-0.05, 0) is 25.1 Å². The number of aryl methyl sites for hydroxylation is 1. The summed E-state index contributed by atoms with van der Waals surface area (Å²) >= 11 is 10.8. The van der Waals surface area contributed by atoms with Crippen molar-refractivity contribution in [2.75, 3.05) is 5.32 Å². The second kappa shape index (κ2) is 5.00. The van der Waals surface area contributed by atoms with Crippen LogP contribution in [0, 0.1) is 6.92 Å². The molecule has 0 spiro atoms. The Morgan fingerprint density at radius 3 is 2.72 bits per heavy atom. The molecule has 2 aromatic rings. The molecule has 0 aliphatic carbocycles. The van der Waals surface area contributed by atoms with Gasteiger partial charge in [-0.1, -0.05) is 23.2 Å². The summed E-state index contributed by atoms with van der Waals surface area (Å²) in [7, 11) is 0. The van der Waals surface area contributed by atoms with Gasteiger partial charge in [-0.2, -0.15) is 0 Å². The third kappa shape index (κ3) is 2.66. The van der Waals surface area contributed by atoms with Gasteiger partial charge in [-0.15, -0.1) is 0 Å². The summed E-state index contributed by atoms with van der Waals surface area (Å²) in [5.41, 5.74) is 0.736. The summed E-state index contributed by atoms with van der Waals surface area (Å²) in [6, 6.07) is 6.13. The lowest BCUT2D eigenvalue weighted by Crippen LogP contribution is -2.18. The average molecular weight is 286 g/mol. The molecule has 0 aliphatic rings. The van der Waals surface area contributed by atoms with Crippen molar-refractivity contribution >= 4 is 45.8 Å². The zero-order chi connectivity index (χ0) is 13.3. The van der Waals surface area contributed by atoms with Crippen molar-refractivity contribution in [3.8, 4) is 0 Å². The smallest absolute Gasteiger partial charge is 0.257 e. The molecule has 1 aromatic heterocycles. The lowest BCUT2D eigenvalue weighted by atomic mass is 10.2. The minimum Gasteiger partial charge on any atom is -0.461 e. The molecule has 0 saturated heterocycles. The van der Waals surface area contributed by atoms with Crippen LogP contribution in [-0.4, -0.2) is 10.7 Å². The minimum atomic E-state index is -1.16. The fraction of sp³-hybridized carbons (Fsp3) is 0.167. The summed E-state index contributed by atoms with van der Waals surface area (Å²) in [6.45, 7) is 1.70. The number of hydrogen-bond acceptors (Lipinski definition) is 3. The Balaban J connectivity index is 2.45. The number of carbonyl (C=O) groups excluding carboxylic acids is 1. The number of anilines is 1. The van der Waals surface area contributed by atoms with Gasteiger partial charge in [0.2, 0.25) is 0 Å². The van der Waals surface area contributed by atoms with Gasteiger partial charge >= 0.3 is 0 Å². The van der Waals surface area contributed by atoms with E-state index in [9.17, 15) is 9.59 Å². The first-order valence-corrected chi connectivity index (χ1v) is 5.98. The molecule has 0 fully saturated rings. The highest BCUT2D eigenvalue weighted by Crippen LogP contribution is 2.18. The number of halogens is 2. The molecule has 6 heteroatoms. The van der Waals surface area contributed by atoms with Crippen molar-refractivity contribution < 1.29 is 9.21 Å². The Kier molecular flexibility index (Phi) is 3.59. The third-order valence-electron chi connectivity index (χ3n) is 2.32. The van der Waals surface area contributed by atoms with E-state index in [0.717, 1.165) is 0 Å². The van der Waals surface area contributed by atoms with Crippen LogP contribution >= 0.6 is 23.2 Å². The second-order valence-corrected chi connectivity index (χ2v) is 4.82.